The number of hydrogen-bond acceptors (Lipinski definition) is 6. The lowest BCUT2D eigenvalue weighted by Crippen LogP contribution is -2.38. The molecule has 2 amide bonds. The van der Waals surface area contributed by atoms with Crippen molar-refractivity contribution in [2.75, 3.05) is 36.9 Å². The molecule has 0 fully saturated rings. The van der Waals surface area contributed by atoms with E-state index in [1.807, 2.05) is 20.8 Å². The van der Waals surface area contributed by atoms with Gasteiger partial charge in [-0.05, 0) is 49.2 Å². The van der Waals surface area contributed by atoms with Crippen molar-refractivity contribution < 1.29 is 27.5 Å². The van der Waals surface area contributed by atoms with E-state index in [9.17, 15) is 18.0 Å². The highest BCUT2D eigenvalue weighted by atomic mass is 32.2. The number of rotatable bonds is 11. The van der Waals surface area contributed by atoms with Crippen molar-refractivity contribution in [3.63, 3.8) is 0 Å². The summed E-state index contributed by atoms with van der Waals surface area (Å²) in [6.07, 6.45) is 0. The van der Waals surface area contributed by atoms with E-state index in [-0.39, 0.29) is 33.7 Å². The van der Waals surface area contributed by atoms with E-state index in [1.165, 1.54) is 32.4 Å². The summed E-state index contributed by atoms with van der Waals surface area (Å²) in [4.78, 5) is 25.8. The first-order valence-corrected chi connectivity index (χ1v) is 13.5. The average Bonchev–Trinajstić information content (AvgIpc) is 2.90. The summed E-state index contributed by atoms with van der Waals surface area (Å²) in [5.41, 5.74) is 1.81. The molecule has 9 nitrogen and oxygen atoms in total. The lowest BCUT2D eigenvalue weighted by molar-refractivity contribution is -0.114. The number of para-hydroxylation sites is 1. The molecule has 0 radical (unpaired) electrons. The molecule has 0 bridgehead atoms. The molecule has 0 heterocycles. The van der Waals surface area contributed by atoms with Crippen molar-refractivity contribution in [2.45, 2.75) is 25.7 Å². The minimum absolute atomic E-state index is 0.0722. The van der Waals surface area contributed by atoms with E-state index in [4.69, 9.17) is 9.47 Å². The zero-order chi connectivity index (χ0) is 27.9. The molecule has 3 rings (SSSR count). The number of nitrogens with zero attached hydrogens (tertiary/aromatic N) is 1. The normalized spacial score (nSPS) is 11.1. The van der Waals surface area contributed by atoms with Crippen molar-refractivity contribution in [1.82, 2.24) is 5.32 Å². The predicted molar refractivity (Wildman–Crippen MR) is 147 cm³/mol. The second-order valence-corrected chi connectivity index (χ2v) is 10.9. The van der Waals surface area contributed by atoms with E-state index < -0.39 is 22.5 Å². The van der Waals surface area contributed by atoms with Crippen LogP contribution in [0.2, 0.25) is 0 Å². The Balaban J connectivity index is 1.94. The van der Waals surface area contributed by atoms with Crippen LogP contribution >= 0.6 is 0 Å². The molecular weight excluding hydrogens is 506 g/mol. The highest BCUT2D eigenvalue weighted by molar-refractivity contribution is 7.92. The van der Waals surface area contributed by atoms with Crippen LogP contribution in [-0.2, 0) is 14.8 Å². The third kappa shape index (κ3) is 6.83. The summed E-state index contributed by atoms with van der Waals surface area (Å²) >= 11 is 0. The van der Waals surface area contributed by atoms with Crippen LogP contribution in [0.15, 0.2) is 71.6 Å². The molecule has 202 valence electrons. The quantitative estimate of drug-likeness (QED) is 0.377. The van der Waals surface area contributed by atoms with Gasteiger partial charge in [-0.2, -0.15) is 0 Å². The van der Waals surface area contributed by atoms with Gasteiger partial charge in [0, 0.05) is 12.6 Å². The monoisotopic (exact) mass is 539 g/mol. The Kier molecular flexibility index (Phi) is 9.35. The highest BCUT2D eigenvalue weighted by Gasteiger charge is 2.29. The SMILES string of the molecule is COc1ccc(S(=O)(=O)N(CC(=O)Nc2ccccc2C(=O)NCC(C)C)c2ccc(C)cc2)cc1OC. The van der Waals surface area contributed by atoms with Crippen LogP contribution in [0.25, 0.3) is 0 Å². The van der Waals surface area contributed by atoms with Gasteiger partial charge in [0.1, 0.15) is 6.54 Å². The molecule has 3 aromatic carbocycles. The molecule has 0 atom stereocenters. The predicted octanol–water partition coefficient (Wildman–Crippen LogP) is 4.23. The number of ether oxygens (including phenoxy) is 2. The number of benzene rings is 3. The van der Waals surface area contributed by atoms with Gasteiger partial charge < -0.3 is 20.1 Å². The van der Waals surface area contributed by atoms with Crippen LogP contribution in [0.3, 0.4) is 0 Å². The summed E-state index contributed by atoms with van der Waals surface area (Å²) in [6.45, 7) is 5.79. The van der Waals surface area contributed by atoms with Gasteiger partial charge in [0.05, 0.1) is 36.1 Å². The number of amides is 2. The zero-order valence-corrected chi connectivity index (χ0v) is 23.0. The minimum Gasteiger partial charge on any atom is -0.493 e. The number of carbonyl (C=O) groups excluding carboxylic acids is 2. The number of anilines is 2. The van der Waals surface area contributed by atoms with Crippen LogP contribution in [0.5, 0.6) is 11.5 Å². The van der Waals surface area contributed by atoms with Crippen molar-refractivity contribution in [2.24, 2.45) is 5.92 Å². The van der Waals surface area contributed by atoms with Crippen molar-refractivity contribution >= 4 is 33.2 Å². The van der Waals surface area contributed by atoms with Crippen LogP contribution in [0.4, 0.5) is 11.4 Å². The number of carbonyl (C=O) groups is 2. The van der Waals surface area contributed by atoms with Crippen LogP contribution in [0.1, 0.15) is 29.8 Å². The lowest BCUT2D eigenvalue weighted by Gasteiger charge is -2.25. The largest absolute Gasteiger partial charge is 0.493 e. The Hall–Kier alpha value is -4.05. The number of aryl methyl sites for hydroxylation is 1. The van der Waals surface area contributed by atoms with Gasteiger partial charge in [0.2, 0.25) is 5.91 Å². The minimum atomic E-state index is -4.20. The topological polar surface area (TPSA) is 114 Å². The van der Waals surface area contributed by atoms with Gasteiger partial charge in [-0.3, -0.25) is 13.9 Å². The maximum Gasteiger partial charge on any atom is 0.264 e. The molecule has 0 spiro atoms. The standard InChI is InChI=1S/C28H33N3O6S/c1-19(2)17-29-28(33)23-8-6-7-9-24(23)30-27(32)18-31(21-12-10-20(3)11-13-21)38(34,35)22-14-15-25(36-4)26(16-22)37-5/h6-16,19H,17-18H2,1-5H3,(H,29,33)(H,30,32). The third-order valence-corrected chi connectivity index (χ3v) is 7.44. The fourth-order valence-corrected chi connectivity index (χ4v) is 5.07. The highest BCUT2D eigenvalue weighted by Crippen LogP contribution is 2.32. The Labute approximate surface area is 223 Å². The van der Waals surface area contributed by atoms with Gasteiger partial charge >= 0.3 is 0 Å². The fourth-order valence-electron chi connectivity index (χ4n) is 3.63. The lowest BCUT2D eigenvalue weighted by atomic mass is 10.1. The molecule has 0 unspecified atom stereocenters. The second-order valence-electron chi connectivity index (χ2n) is 9.06. The van der Waals surface area contributed by atoms with E-state index in [0.29, 0.717) is 18.0 Å². The molecule has 0 saturated heterocycles. The number of sulfonamides is 1. The van der Waals surface area contributed by atoms with Crippen molar-refractivity contribution in [3.8, 4) is 11.5 Å². The smallest absolute Gasteiger partial charge is 0.264 e. The Morgan fingerprint density at radius 2 is 1.58 bits per heavy atom. The molecule has 0 aliphatic carbocycles. The molecule has 0 aliphatic heterocycles. The van der Waals surface area contributed by atoms with E-state index >= 15 is 0 Å². The van der Waals surface area contributed by atoms with Crippen LogP contribution < -0.4 is 24.4 Å². The Morgan fingerprint density at radius 1 is 0.921 bits per heavy atom. The third-order valence-electron chi connectivity index (χ3n) is 5.67. The van der Waals surface area contributed by atoms with Gasteiger partial charge in [0.15, 0.2) is 11.5 Å². The first-order chi connectivity index (χ1) is 18.1. The summed E-state index contributed by atoms with van der Waals surface area (Å²) < 4.78 is 39.1. The molecule has 38 heavy (non-hydrogen) atoms. The summed E-state index contributed by atoms with van der Waals surface area (Å²) in [6, 6.07) is 17.6. The zero-order valence-electron chi connectivity index (χ0n) is 22.1. The number of nitrogens with one attached hydrogen (secondary N) is 2. The van der Waals surface area contributed by atoms with Crippen LogP contribution in [0, 0.1) is 12.8 Å². The van der Waals surface area contributed by atoms with Gasteiger partial charge in [-0.1, -0.05) is 43.7 Å². The maximum atomic E-state index is 13.8. The molecule has 0 aromatic heterocycles. The molecule has 10 heteroatoms. The summed E-state index contributed by atoms with van der Waals surface area (Å²) in [5, 5.41) is 5.54. The Morgan fingerprint density at radius 3 is 2.21 bits per heavy atom. The number of hydrogen-bond donors (Lipinski definition) is 2. The van der Waals surface area contributed by atoms with Gasteiger partial charge in [0.25, 0.3) is 15.9 Å². The molecule has 0 aliphatic rings. The van der Waals surface area contributed by atoms with Crippen molar-refractivity contribution in [1.29, 1.82) is 0 Å². The van der Waals surface area contributed by atoms with E-state index in [0.717, 1.165) is 9.87 Å². The molecular formula is C28H33N3O6S. The van der Waals surface area contributed by atoms with Crippen molar-refractivity contribution in [3.05, 3.63) is 77.9 Å². The molecule has 2 N–H and O–H groups in total. The maximum absolute atomic E-state index is 13.8. The summed E-state index contributed by atoms with van der Waals surface area (Å²) in [5.74, 6) is -0.0751. The summed E-state index contributed by atoms with van der Waals surface area (Å²) in [7, 11) is -1.33. The van der Waals surface area contributed by atoms with Gasteiger partial charge in [-0.25, -0.2) is 8.42 Å². The average molecular weight is 540 g/mol. The fraction of sp³-hybridized carbons (Fsp3) is 0.286. The molecule has 0 saturated carbocycles. The van der Waals surface area contributed by atoms with Gasteiger partial charge in [-0.15, -0.1) is 0 Å². The van der Waals surface area contributed by atoms with E-state index in [1.54, 1.807) is 48.5 Å². The molecule has 3 aromatic rings. The second kappa shape index (κ2) is 12.5. The van der Waals surface area contributed by atoms with E-state index in [2.05, 4.69) is 10.6 Å². The van der Waals surface area contributed by atoms with Crippen LogP contribution in [-0.4, -0.2) is 47.5 Å². The first-order valence-electron chi connectivity index (χ1n) is 12.0. The number of methoxy groups -OCH3 is 2. The Bertz CT molecular complexity index is 1390. The first kappa shape index (κ1) is 28.5.